The Bertz CT molecular complexity index is 738. The molecule has 2 aromatic carbocycles. The van der Waals surface area contributed by atoms with Crippen LogP contribution < -0.4 is 5.32 Å². The first-order chi connectivity index (χ1) is 11.2. The molecule has 2 aliphatic rings. The first-order valence-electron chi connectivity index (χ1n) is 8.08. The summed E-state index contributed by atoms with van der Waals surface area (Å²) in [6, 6.07) is 12.7. The highest BCUT2D eigenvalue weighted by molar-refractivity contribution is 5.95. The molecule has 118 valence electrons. The molecular weight excluding hydrogens is 291 g/mol. The Kier molecular flexibility index (Phi) is 3.62. The van der Waals surface area contributed by atoms with Crippen molar-refractivity contribution < 1.29 is 9.18 Å². The predicted molar refractivity (Wildman–Crippen MR) is 86.3 cm³/mol. The highest BCUT2D eigenvalue weighted by Gasteiger charge is 2.33. The van der Waals surface area contributed by atoms with Gasteiger partial charge in [0.05, 0.1) is 0 Å². The minimum absolute atomic E-state index is 0.0755. The van der Waals surface area contributed by atoms with E-state index in [1.807, 2.05) is 23.1 Å². The van der Waals surface area contributed by atoms with E-state index in [0.29, 0.717) is 12.6 Å². The van der Waals surface area contributed by atoms with Gasteiger partial charge in [-0.15, -0.1) is 0 Å². The molecule has 23 heavy (non-hydrogen) atoms. The number of fused-ring (bicyclic) bond motifs is 1. The Morgan fingerprint density at radius 2 is 1.83 bits per heavy atom. The van der Waals surface area contributed by atoms with Gasteiger partial charge in [0.15, 0.2) is 0 Å². The minimum atomic E-state index is -0.246. The molecule has 4 rings (SSSR count). The molecule has 1 aliphatic heterocycles. The lowest BCUT2D eigenvalue weighted by atomic mass is 10.1. The van der Waals surface area contributed by atoms with Crippen LogP contribution in [0.15, 0.2) is 42.5 Å². The second-order valence-corrected chi connectivity index (χ2v) is 6.38. The summed E-state index contributed by atoms with van der Waals surface area (Å²) >= 11 is 0. The van der Waals surface area contributed by atoms with Crippen molar-refractivity contribution in [2.75, 3.05) is 0 Å². The van der Waals surface area contributed by atoms with Crippen LogP contribution >= 0.6 is 0 Å². The van der Waals surface area contributed by atoms with E-state index in [-0.39, 0.29) is 11.7 Å². The van der Waals surface area contributed by atoms with Crippen LogP contribution in [0.4, 0.5) is 4.39 Å². The number of benzene rings is 2. The van der Waals surface area contributed by atoms with Crippen molar-refractivity contribution in [2.45, 2.75) is 38.5 Å². The summed E-state index contributed by atoms with van der Waals surface area (Å²) in [5.74, 6) is -0.171. The maximum Gasteiger partial charge on any atom is 0.254 e. The molecule has 0 aromatic heterocycles. The van der Waals surface area contributed by atoms with Crippen LogP contribution in [0, 0.1) is 5.82 Å². The third-order valence-corrected chi connectivity index (χ3v) is 4.60. The number of hydrogen-bond donors (Lipinski definition) is 1. The van der Waals surface area contributed by atoms with Crippen molar-refractivity contribution in [3.63, 3.8) is 0 Å². The summed E-state index contributed by atoms with van der Waals surface area (Å²) in [5.41, 5.74) is 4.21. The van der Waals surface area contributed by atoms with Crippen LogP contribution in [0.5, 0.6) is 0 Å². The summed E-state index contributed by atoms with van der Waals surface area (Å²) in [6.45, 7) is 2.25. The maximum atomic E-state index is 13.1. The molecule has 1 N–H and O–H groups in total. The zero-order chi connectivity index (χ0) is 15.8. The largest absolute Gasteiger partial charge is 0.331 e. The quantitative estimate of drug-likeness (QED) is 0.940. The Hall–Kier alpha value is -2.20. The smallest absolute Gasteiger partial charge is 0.254 e. The number of nitrogens with one attached hydrogen (secondary N) is 1. The number of hydrogen-bond acceptors (Lipinski definition) is 2. The SMILES string of the molecule is O=C(c1ccc2c(c1)CNC2)N(Cc1ccc(F)cc1)C1CC1. The predicted octanol–water partition coefficient (Wildman–Crippen LogP) is 3.23. The molecule has 1 saturated carbocycles. The van der Waals surface area contributed by atoms with Crippen LogP contribution in [0.25, 0.3) is 0 Å². The lowest BCUT2D eigenvalue weighted by Crippen LogP contribution is -2.32. The van der Waals surface area contributed by atoms with Crippen LogP contribution in [-0.4, -0.2) is 16.8 Å². The minimum Gasteiger partial charge on any atom is -0.331 e. The Morgan fingerprint density at radius 1 is 1.09 bits per heavy atom. The van der Waals surface area contributed by atoms with Crippen LogP contribution in [0.2, 0.25) is 0 Å². The number of halogens is 1. The van der Waals surface area contributed by atoms with Crippen molar-refractivity contribution >= 4 is 5.91 Å². The van der Waals surface area contributed by atoms with Crippen LogP contribution in [0.3, 0.4) is 0 Å². The summed E-state index contributed by atoms with van der Waals surface area (Å²) in [4.78, 5) is 14.9. The van der Waals surface area contributed by atoms with Gasteiger partial charge in [-0.3, -0.25) is 4.79 Å². The molecule has 1 amide bonds. The van der Waals surface area contributed by atoms with Crippen LogP contribution in [0.1, 0.15) is 39.9 Å². The summed E-state index contributed by atoms with van der Waals surface area (Å²) < 4.78 is 13.1. The van der Waals surface area contributed by atoms with Gasteiger partial charge in [-0.2, -0.15) is 0 Å². The van der Waals surface area contributed by atoms with E-state index in [2.05, 4.69) is 5.32 Å². The Morgan fingerprint density at radius 3 is 2.57 bits per heavy atom. The van der Waals surface area contributed by atoms with Gasteiger partial charge in [0, 0.05) is 31.2 Å². The van der Waals surface area contributed by atoms with Crippen molar-refractivity contribution in [2.24, 2.45) is 0 Å². The monoisotopic (exact) mass is 310 g/mol. The highest BCUT2D eigenvalue weighted by Crippen LogP contribution is 2.30. The van der Waals surface area contributed by atoms with E-state index < -0.39 is 0 Å². The van der Waals surface area contributed by atoms with Gasteiger partial charge in [0.1, 0.15) is 5.82 Å². The summed E-state index contributed by atoms with van der Waals surface area (Å²) in [7, 11) is 0. The highest BCUT2D eigenvalue weighted by atomic mass is 19.1. The first-order valence-corrected chi connectivity index (χ1v) is 8.08. The number of rotatable bonds is 4. The molecule has 3 nitrogen and oxygen atoms in total. The molecule has 0 spiro atoms. The molecule has 0 saturated heterocycles. The van der Waals surface area contributed by atoms with Crippen molar-refractivity contribution in [3.8, 4) is 0 Å². The van der Waals surface area contributed by atoms with Gasteiger partial charge in [0.25, 0.3) is 5.91 Å². The summed E-state index contributed by atoms with van der Waals surface area (Å²) in [6.07, 6.45) is 2.11. The second kappa shape index (κ2) is 5.78. The molecule has 1 heterocycles. The average Bonchev–Trinajstić information content (AvgIpc) is 3.30. The summed E-state index contributed by atoms with van der Waals surface area (Å²) in [5, 5.41) is 3.30. The van der Waals surface area contributed by atoms with Crippen molar-refractivity contribution in [1.82, 2.24) is 10.2 Å². The molecule has 4 heteroatoms. The van der Waals surface area contributed by atoms with E-state index in [1.165, 1.54) is 23.3 Å². The lowest BCUT2D eigenvalue weighted by molar-refractivity contribution is 0.0730. The van der Waals surface area contributed by atoms with E-state index >= 15 is 0 Å². The topological polar surface area (TPSA) is 32.3 Å². The zero-order valence-electron chi connectivity index (χ0n) is 12.9. The van der Waals surface area contributed by atoms with Gasteiger partial charge in [0.2, 0.25) is 0 Å². The van der Waals surface area contributed by atoms with E-state index in [0.717, 1.165) is 37.1 Å². The van der Waals surface area contributed by atoms with Gasteiger partial charge in [-0.05, 0) is 53.8 Å². The zero-order valence-corrected chi connectivity index (χ0v) is 12.9. The average molecular weight is 310 g/mol. The van der Waals surface area contributed by atoms with E-state index in [9.17, 15) is 9.18 Å². The van der Waals surface area contributed by atoms with Crippen LogP contribution in [-0.2, 0) is 19.6 Å². The first kappa shape index (κ1) is 14.4. The fourth-order valence-electron chi connectivity index (χ4n) is 3.13. The van der Waals surface area contributed by atoms with Gasteiger partial charge in [-0.25, -0.2) is 4.39 Å². The second-order valence-electron chi connectivity index (χ2n) is 6.38. The van der Waals surface area contributed by atoms with Gasteiger partial charge < -0.3 is 10.2 Å². The fourth-order valence-corrected chi connectivity index (χ4v) is 3.13. The number of amides is 1. The Balaban J connectivity index is 1.57. The molecule has 2 aromatic rings. The van der Waals surface area contributed by atoms with Gasteiger partial charge >= 0.3 is 0 Å². The van der Waals surface area contributed by atoms with E-state index in [4.69, 9.17) is 0 Å². The standard InChI is InChI=1S/C19H19FN2O/c20-17-5-1-13(2-6-17)12-22(18-7-8-18)19(23)14-3-4-15-10-21-11-16(15)9-14/h1-6,9,18,21H,7-8,10-12H2. The number of carbonyl (C=O) groups excluding carboxylic acids is 1. The van der Waals surface area contributed by atoms with Crippen molar-refractivity contribution in [1.29, 1.82) is 0 Å². The fraction of sp³-hybridized carbons (Fsp3) is 0.316. The number of carbonyl (C=O) groups is 1. The van der Waals surface area contributed by atoms with E-state index in [1.54, 1.807) is 12.1 Å². The van der Waals surface area contributed by atoms with Crippen molar-refractivity contribution in [3.05, 3.63) is 70.5 Å². The van der Waals surface area contributed by atoms with Gasteiger partial charge in [-0.1, -0.05) is 18.2 Å². The normalized spacial score (nSPS) is 16.2. The third-order valence-electron chi connectivity index (χ3n) is 4.60. The molecule has 0 unspecified atom stereocenters. The maximum absolute atomic E-state index is 13.1. The molecule has 1 aliphatic carbocycles. The molecular formula is C19H19FN2O. The Labute approximate surface area is 135 Å². The molecule has 0 atom stereocenters. The lowest BCUT2D eigenvalue weighted by Gasteiger charge is -2.23. The third kappa shape index (κ3) is 2.99. The number of nitrogens with zero attached hydrogens (tertiary/aromatic N) is 1. The molecule has 0 radical (unpaired) electrons. The molecule has 1 fully saturated rings. The molecule has 0 bridgehead atoms.